The zero-order chi connectivity index (χ0) is 21.5. The maximum atomic E-state index is 13.9. The number of piperidine rings is 1. The molecule has 0 spiro atoms. The van der Waals surface area contributed by atoms with E-state index in [-0.39, 0.29) is 24.7 Å². The van der Waals surface area contributed by atoms with Crippen molar-refractivity contribution < 1.29 is 22.4 Å². The number of carbonyl (C=O) groups is 1. The number of hydrogen-bond donors (Lipinski definition) is 1. The Morgan fingerprint density at radius 3 is 2.80 bits per heavy atom. The van der Waals surface area contributed by atoms with E-state index in [1.54, 1.807) is 36.1 Å². The van der Waals surface area contributed by atoms with Crippen molar-refractivity contribution in [3.05, 3.63) is 47.4 Å². The van der Waals surface area contributed by atoms with Crippen LogP contribution >= 0.6 is 0 Å². The van der Waals surface area contributed by atoms with E-state index in [4.69, 9.17) is 0 Å². The van der Waals surface area contributed by atoms with E-state index in [1.165, 1.54) is 6.07 Å². The van der Waals surface area contributed by atoms with E-state index < -0.39 is 24.1 Å². The first-order valence-electron chi connectivity index (χ1n) is 10.1. The number of anilines is 1. The SMILES string of the molecule is Cc1cc2n(n1)[C@@H](C(F)(F)F)C[C@@H](C1CCCN(C(=O)Cc3ccccc3F)C1)N2. The normalized spacial score (nSPS) is 24.3. The van der Waals surface area contributed by atoms with Gasteiger partial charge in [-0.05, 0) is 43.7 Å². The maximum absolute atomic E-state index is 13.9. The van der Waals surface area contributed by atoms with Crippen molar-refractivity contribution >= 4 is 11.7 Å². The monoisotopic (exact) mass is 424 g/mol. The van der Waals surface area contributed by atoms with Gasteiger partial charge in [0.2, 0.25) is 5.91 Å². The summed E-state index contributed by atoms with van der Waals surface area (Å²) in [6, 6.07) is 5.66. The lowest BCUT2D eigenvalue weighted by molar-refractivity contribution is -0.175. The number of rotatable bonds is 3. The van der Waals surface area contributed by atoms with Crippen LogP contribution in [0.2, 0.25) is 0 Å². The fraction of sp³-hybridized carbons (Fsp3) is 0.524. The predicted octanol–water partition coefficient (Wildman–Crippen LogP) is 4.10. The van der Waals surface area contributed by atoms with Crippen LogP contribution in [0.3, 0.4) is 0 Å². The van der Waals surface area contributed by atoms with E-state index in [0.717, 1.165) is 11.1 Å². The zero-order valence-electron chi connectivity index (χ0n) is 16.6. The Labute approximate surface area is 172 Å². The van der Waals surface area contributed by atoms with Crippen LogP contribution in [0.25, 0.3) is 0 Å². The minimum absolute atomic E-state index is 0.0470. The molecule has 1 unspecified atom stereocenters. The first kappa shape index (κ1) is 20.7. The Balaban J connectivity index is 1.48. The molecule has 4 rings (SSSR count). The van der Waals surface area contributed by atoms with Crippen molar-refractivity contribution in [1.82, 2.24) is 14.7 Å². The number of aromatic nitrogens is 2. The van der Waals surface area contributed by atoms with E-state index in [0.29, 0.717) is 36.6 Å². The maximum Gasteiger partial charge on any atom is 0.410 e. The average Bonchev–Trinajstić information content (AvgIpc) is 3.08. The third kappa shape index (κ3) is 4.15. The number of fused-ring (bicyclic) bond motifs is 1. The lowest BCUT2D eigenvalue weighted by Crippen LogP contribution is -2.49. The minimum Gasteiger partial charge on any atom is -0.367 e. The quantitative estimate of drug-likeness (QED) is 0.755. The summed E-state index contributed by atoms with van der Waals surface area (Å²) in [5.41, 5.74) is 0.856. The van der Waals surface area contributed by atoms with Gasteiger partial charge in [0.25, 0.3) is 0 Å². The van der Waals surface area contributed by atoms with E-state index >= 15 is 0 Å². The summed E-state index contributed by atoms with van der Waals surface area (Å²) in [6.07, 6.45) is -3.13. The van der Waals surface area contributed by atoms with Crippen molar-refractivity contribution in [2.75, 3.05) is 18.4 Å². The van der Waals surface area contributed by atoms with Crippen molar-refractivity contribution in [2.45, 2.75) is 50.9 Å². The molecule has 1 fully saturated rings. The predicted molar refractivity (Wildman–Crippen MR) is 103 cm³/mol. The number of nitrogens with one attached hydrogen (secondary N) is 1. The molecule has 2 aliphatic heterocycles. The van der Waals surface area contributed by atoms with Gasteiger partial charge in [0.1, 0.15) is 11.6 Å². The van der Waals surface area contributed by atoms with Gasteiger partial charge in [-0.15, -0.1) is 0 Å². The molecule has 1 amide bonds. The van der Waals surface area contributed by atoms with Crippen LogP contribution in [0.1, 0.15) is 36.6 Å². The van der Waals surface area contributed by atoms with Gasteiger partial charge in [-0.2, -0.15) is 18.3 Å². The first-order valence-corrected chi connectivity index (χ1v) is 10.1. The first-order chi connectivity index (χ1) is 14.2. The van der Waals surface area contributed by atoms with Crippen LogP contribution in [0, 0.1) is 18.7 Å². The lowest BCUT2D eigenvalue weighted by atomic mass is 9.85. The average molecular weight is 424 g/mol. The number of carbonyl (C=O) groups excluding carboxylic acids is 1. The molecule has 2 aromatic rings. The molecule has 3 heterocycles. The molecule has 0 radical (unpaired) electrons. The third-order valence-corrected chi connectivity index (χ3v) is 6.02. The Kier molecular flexibility index (Phi) is 5.46. The highest BCUT2D eigenvalue weighted by molar-refractivity contribution is 5.79. The molecule has 0 saturated carbocycles. The second kappa shape index (κ2) is 7.92. The van der Waals surface area contributed by atoms with Gasteiger partial charge in [0.15, 0.2) is 6.04 Å². The lowest BCUT2D eigenvalue weighted by Gasteiger charge is -2.41. The summed E-state index contributed by atoms with van der Waals surface area (Å²) in [5.74, 6) is -0.378. The zero-order valence-corrected chi connectivity index (χ0v) is 16.6. The smallest absolute Gasteiger partial charge is 0.367 e. The number of hydrogen-bond acceptors (Lipinski definition) is 3. The van der Waals surface area contributed by atoms with Crippen LogP contribution in [0.4, 0.5) is 23.4 Å². The van der Waals surface area contributed by atoms with Crippen molar-refractivity contribution in [3.63, 3.8) is 0 Å². The number of halogens is 4. The van der Waals surface area contributed by atoms with Crippen LogP contribution in [0.15, 0.2) is 30.3 Å². The second-order valence-corrected chi connectivity index (χ2v) is 8.17. The Hall–Kier alpha value is -2.58. The van der Waals surface area contributed by atoms with Gasteiger partial charge in [-0.1, -0.05) is 18.2 Å². The largest absolute Gasteiger partial charge is 0.410 e. The molecule has 1 aromatic heterocycles. The number of likely N-dealkylation sites (tertiary alicyclic amines) is 1. The van der Waals surface area contributed by atoms with Crippen LogP contribution < -0.4 is 5.32 Å². The molecule has 0 bridgehead atoms. The molecule has 2 aliphatic rings. The summed E-state index contributed by atoms with van der Waals surface area (Å²) in [4.78, 5) is 14.4. The summed E-state index contributed by atoms with van der Waals surface area (Å²) in [6.45, 7) is 2.57. The molecule has 162 valence electrons. The number of aryl methyl sites for hydroxylation is 1. The van der Waals surface area contributed by atoms with E-state index in [2.05, 4.69) is 10.4 Å². The van der Waals surface area contributed by atoms with Crippen LogP contribution in [-0.2, 0) is 11.2 Å². The molecular formula is C21H24F4N4O. The summed E-state index contributed by atoms with van der Waals surface area (Å²) >= 11 is 0. The molecule has 3 atom stereocenters. The summed E-state index contributed by atoms with van der Waals surface area (Å²) in [5, 5.41) is 7.22. The van der Waals surface area contributed by atoms with E-state index in [9.17, 15) is 22.4 Å². The van der Waals surface area contributed by atoms with Gasteiger partial charge in [0.05, 0.1) is 12.1 Å². The molecule has 5 nitrogen and oxygen atoms in total. The molecule has 0 aliphatic carbocycles. The van der Waals surface area contributed by atoms with Crippen LogP contribution in [0.5, 0.6) is 0 Å². The number of amides is 1. The van der Waals surface area contributed by atoms with Gasteiger partial charge < -0.3 is 10.2 Å². The highest BCUT2D eigenvalue weighted by Crippen LogP contribution is 2.42. The topological polar surface area (TPSA) is 50.2 Å². The second-order valence-electron chi connectivity index (χ2n) is 8.17. The molecule has 1 N–H and O–H groups in total. The van der Waals surface area contributed by atoms with Gasteiger partial charge in [0, 0.05) is 25.2 Å². The molecule has 30 heavy (non-hydrogen) atoms. The molecule has 1 saturated heterocycles. The van der Waals surface area contributed by atoms with Gasteiger partial charge >= 0.3 is 6.18 Å². The Morgan fingerprint density at radius 2 is 2.07 bits per heavy atom. The minimum atomic E-state index is -4.40. The van der Waals surface area contributed by atoms with Crippen molar-refractivity contribution in [3.8, 4) is 0 Å². The number of alkyl halides is 3. The molecular weight excluding hydrogens is 400 g/mol. The summed E-state index contributed by atoms with van der Waals surface area (Å²) in [7, 11) is 0. The highest BCUT2D eigenvalue weighted by Gasteiger charge is 2.47. The number of benzene rings is 1. The molecule has 1 aromatic carbocycles. The fourth-order valence-corrected chi connectivity index (χ4v) is 4.52. The summed E-state index contributed by atoms with van der Waals surface area (Å²) < 4.78 is 55.9. The Bertz CT molecular complexity index is 926. The Morgan fingerprint density at radius 1 is 1.30 bits per heavy atom. The van der Waals surface area contributed by atoms with Crippen LogP contribution in [-0.4, -0.2) is 45.9 Å². The molecule has 9 heteroatoms. The van der Waals surface area contributed by atoms with Crippen molar-refractivity contribution in [1.29, 1.82) is 0 Å². The highest BCUT2D eigenvalue weighted by atomic mass is 19.4. The van der Waals surface area contributed by atoms with Crippen molar-refractivity contribution in [2.24, 2.45) is 5.92 Å². The third-order valence-electron chi connectivity index (χ3n) is 6.02. The van der Waals surface area contributed by atoms with Gasteiger partial charge in [-0.25, -0.2) is 9.07 Å². The van der Waals surface area contributed by atoms with E-state index in [1.807, 2.05) is 0 Å². The number of nitrogens with zero attached hydrogens (tertiary/aromatic N) is 3. The van der Waals surface area contributed by atoms with Gasteiger partial charge in [-0.3, -0.25) is 4.79 Å². The standard InChI is InChI=1S/C21H24F4N4O/c1-13-9-19-26-17(11-18(21(23,24)25)29(19)27-13)15-6-4-8-28(12-15)20(30)10-14-5-2-3-7-16(14)22/h2-3,5,7,9,15,17-18,26H,4,6,8,10-12H2,1H3/t15?,17-,18+/m0/s1. The fourth-order valence-electron chi connectivity index (χ4n) is 4.52.